The van der Waals surface area contributed by atoms with Crippen molar-refractivity contribution in [2.45, 2.75) is 12.2 Å². The smallest absolute Gasteiger partial charge is 0.747 e. The summed E-state index contributed by atoms with van der Waals surface area (Å²) in [6, 6.07) is 3.03. The van der Waals surface area contributed by atoms with Crippen LogP contribution >= 0.6 is 0 Å². The molecule has 1 heterocycles. The molecule has 66 valence electrons. The Kier molecular flexibility index (Phi) is 5.09. The van der Waals surface area contributed by atoms with E-state index in [-0.39, 0.29) is 29.6 Å². The fourth-order valence-corrected chi connectivity index (χ4v) is 1.29. The largest absolute Gasteiger partial charge is 1.00 e. The minimum atomic E-state index is -4.23. The second-order valence-electron chi connectivity index (χ2n) is 2.42. The van der Waals surface area contributed by atoms with Gasteiger partial charge in [0.05, 0.1) is 5.25 Å². The van der Waals surface area contributed by atoms with E-state index in [1.54, 1.807) is 0 Å². The summed E-state index contributed by atoms with van der Waals surface area (Å²) in [4.78, 5) is 3.71. The van der Waals surface area contributed by atoms with Gasteiger partial charge in [0.1, 0.15) is 10.1 Å². The molecule has 0 aliphatic carbocycles. The van der Waals surface area contributed by atoms with Crippen LogP contribution in [0.5, 0.6) is 0 Å². The Morgan fingerprint density at radius 1 is 1.38 bits per heavy atom. The van der Waals surface area contributed by atoms with Crippen LogP contribution in [0.3, 0.4) is 0 Å². The van der Waals surface area contributed by atoms with E-state index in [1.165, 1.54) is 31.5 Å². The summed E-state index contributed by atoms with van der Waals surface area (Å²) in [5.74, 6) is 0. The molecule has 1 aromatic rings. The quantitative estimate of drug-likeness (QED) is 0.405. The maximum absolute atomic E-state index is 10.6. The zero-order valence-electron chi connectivity index (χ0n) is 7.47. The van der Waals surface area contributed by atoms with E-state index in [0.29, 0.717) is 5.56 Å². The van der Waals surface area contributed by atoms with Crippen LogP contribution < -0.4 is 29.6 Å². The Labute approximate surface area is 99.4 Å². The second-order valence-corrected chi connectivity index (χ2v) is 4.11. The van der Waals surface area contributed by atoms with Gasteiger partial charge in [-0.2, -0.15) is 0 Å². The van der Waals surface area contributed by atoms with Gasteiger partial charge in [-0.1, -0.05) is 0 Å². The maximum Gasteiger partial charge on any atom is 1.00 e. The van der Waals surface area contributed by atoms with Crippen LogP contribution in [0, 0.1) is 0 Å². The summed E-state index contributed by atoms with van der Waals surface area (Å²) >= 11 is 0. The summed E-state index contributed by atoms with van der Waals surface area (Å²) in [5, 5.41) is -1.000. The van der Waals surface area contributed by atoms with Gasteiger partial charge in [-0.3, -0.25) is 4.98 Å². The molecule has 0 fully saturated rings. The van der Waals surface area contributed by atoms with Crippen LogP contribution in [0.4, 0.5) is 0 Å². The number of pyridine rings is 1. The van der Waals surface area contributed by atoms with Gasteiger partial charge in [-0.15, -0.1) is 0 Å². The fourth-order valence-electron chi connectivity index (χ4n) is 0.801. The molecule has 0 amide bonds. The molecule has 1 atom stereocenters. The summed E-state index contributed by atoms with van der Waals surface area (Å²) in [6.45, 7) is 1.36. The summed E-state index contributed by atoms with van der Waals surface area (Å²) in [7, 11) is -4.23. The van der Waals surface area contributed by atoms with Gasteiger partial charge in [-0.25, -0.2) is 8.42 Å². The van der Waals surface area contributed by atoms with Gasteiger partial charge in [-0.05, 0) is 24.6 Å². The number of aromatic nitrogens is 1. The van der Waals surface area contributed by atoms with Crippen LogP contribution in [-0.2, 0) is 10.1 Å². The van der Waals surface area contributed by atoms with Crippen molar-refractivity contribution in [3.05, 3.63) is 30.1 Å². The van der Waals surface area contributed by atoms with E-state index in [0.717, 1.165) is 0 Å². The molecule has 1 unspecified atom stereocenters. The molecule has 4 nitrogen and oxygen atoms in total. The molecule has 13 heavy (non-hydrogen) atoms. The Morgan fingerprint density at radius 3 is 2.23 bits per heavy atom. The zero-order chi connectivity index (χ0) is 9.19. The van der Waals surface area contributed by atoms with Crippen LogP contribution in [0.1, 0.15) is 17.7 Å². The van der Waals surface area contributed by atoms with E-state index in [1.807, 2.05) is 0 Å². The molecule has 0 N–H and O–H groups in total. The molecular formula is C7H8NNaO3S. The third-order valence-electron chi connectivity index (χ3n) is 1.61. The molecule has 0 aliphatic rings. The number of nitrogens with zero attached hydrogens (tertiary/aromatic N) is 1. The van der Waals surface area contributed by atoms with Crippen LogP contribution in [0.15, 0.2) is 24.5 Å². The first-order valence-corrected chi connectivity index (χ1v) is 4.83. The van der Waals surface area contributed by atoms with Crippen molar-refractivity contribution >= 4 is 10.1 Å². The standard InChI is InChI=1S/C7H9NO3S.Na/c1-6(12(9,10)11)7-2-4-8-5-3-7;/h2-6H,1H3,(H,9,10,11);/q;+1/p-1. The molecule has 1 rings (SSSR count). The van der Waals surface area contributed by atoms with Gasteiger partial charge < -0.3 is 4.55 Å². The van der Waals surface area contributed by atoms with Crippen molar-refractivity contribution in [1.29, 1.82) is 0 Å². The van der Waals surface area contributed by atoms with E-state index in [4.69, 9.17) is 0 Å². The average molecular weight is 209 g/mol. The maximum atomic E-state index is 10.6. The molecule has 0 spiro atoms. The van der Waals surface area contributed by atoms with Crippen molar-refractivity contribution in [3.8, 4) is 0 Å². The minimum Gasteiger partial charge on any atom is -0.747 e. The van der Waals surface area contributed by atoms with Gasteiger partial charge in [0.25, 0.3) is 0 Å². The first-order chi connectivity index (χ1) is 5.52. The Hall–Kier alpha value is 0.0600. The van der Waals surface area contributed by atoms with Crippen molar-refractivity contribution in [3.63, 3.8) is 0 Å². The third-order valence-corrected chi connectivity index (χ3v) is 2.75. The molecule has 0 saturated heterocycles. The van der Waals surface area contributed by atoms with Crippen molar-refractivity contribution in [2.24, 2.45) is 0 Å². The Morgan fingerprint density at radius 2 is 1.85 bits per heavy atom. The number of hydrogen-bond acceptors (Lipinski definition) is 4. The monoisotopic (exact) mass is 209 g/mol. The Bertz CT molecular complexity index is 351. The van der Waals surface area contributed by atoms with Crippen molar-refractivity contribution in [1.82, 2.24) is 4.98 Å². The topological polar surface area (TPSA) is 70.1 Å². The normalized spacial score (nSPS) is 13.1. The summed E-state index contributed by atoms with van der Waals surface area (Å²) in [5.41, 5.74) is 0.472. The van der Waals surface area contributed by atoms with E-state index in [2.05, 4.69) is 4.98 Å². The van der Waals surface area contributed by atoms with E-state index < -0.39 is 15.4 Å². The molecule has 0 saturated carbocycles. The van der Waals surface area contributed by atoms with E-state index >= 15 is 0 Å². The van der Waals surface area contributed by atoms with Gasteiger partial charge in [0.15, 0.2) is 0 Å². The summed E-state index contributed by atoms with van der Waals surface area (Å²) in [6.07, 6.45) is 2.91. The van der Waals surface area contributed by atoms with Crippen LogP contribution in [-0.4, -0.2) is 18.0 Å². The van der Waals surface area contributed by atoms with Gasteiger partial charge in [0, 0.05) is 12.4 Å². The molecule has 0 radical (unpaired) electrons. The fraction of sp³-hybridized carbons (Fsp3) is 0.286. The van der Waals surface area contributed by atoms with Crippen molar-refractivity contribution < 1.29 is 42.5 Å². The first kappa shape index (κ1) is 13.1. The third kappa shape index (κ3) is 3.74. The van der Waals surface area contributed by atoms with Gasteiger partial charge >= 0.3 is 29.6 Å². The van der Waals surface area contributed by atoms with Gasteiger partial charge in [0.2, 0.25) is 0 Å². The predicted molar refractivity (Wildman–Crippen MR) is 42.3 cm³/mol. The van der Waals surface area contributed by atoms with Crippen molar-refractivity contribution in [2.75, 3.05) is 0 Å². The molecule has 6 heteroatoms. The number of rotatable bonds is 2. The summed E-state index contributed by atoms with van der Waals surface area (Å²) < 4.78 is 31.7. The molecule has 0 bridgehead atoms. The Balaban J connectivity index is 0.00000144. The minimum absolute atomic E-state index is 0. The molecule has 0 aliphatic heterocycles. The molecule has 0 aromatic carbocycles. The average Bonchev–Trinajstić information content (AvgIpc) is 2.03. The van der Waals surface area contributed by atoms with Crippen LogP contribution in [0.25, 0.3) is 0 Å². The van der Waals surface area contributed by atoms with Crippen LogP contribution in [0.2, 0.25) is 0 Å². The number of hydrogen-bond donors (Lipinski definition) is 0. The van der Waals surface area contributed by atoms with E-state index in [9.17, 15) is 13.0 Å². The second kappa shape index (κ2) is 5.07. The predicted octanol–water partition coefficient (Wildman–Crippen LogP) is -2.31. The molecular weight excluding hydrogens is 201 g/mol. The zero-order valence-corrected chi connectivity index (χ0v) is 10.3. The first-order valence-electron chi connectivity index (χ1n) is 3.36. The molecule has 1 aromatic heterocycles. The SMILES string of the molecule is CC(c1ccncc1)S(=O)(=O)[O-].[Na+].